The van der Waals surface area contributed by atoms with Crippen LogP contribution in [-0.2, 0) is 6.54 Å². The highest BCUT2D eigenvalue weighted by atomic mass is 16.5. The number of aromatic nitrogens is 3. The number of anilines is 1. The topological polar surface area (TPSA) is 96.2 Å². The van der Waals surface area contributed by atoms with Gasteiger partial charge in [0, 0.05) is 14.1 Å². The van der Waals surface area contributed by atoms with Crippen LogP contribution in [-0.4, -0.2) is 35.3 Å². The van der Waals surface area contributed by atoms with Gasteiger partial charge in [0.05, 0.1) is 12.2 Å². The number of hydrogen-bond donors (Lipinski definition) is 2. The van der Waals surface area contributed by atoms with Gasteiger partial charge in [-0.15, -0.1) is 0 Å². The first-order chi connectivity index (χ1) is 11.4. The minimum Gasteiger partial charge on any atom is -0.363 e. The molecule has 2 N–H and O–H groups in total. The summed E-state index contributed by atoms with van der Waals surface area (Å²) in [5, 5.41) is 9.45. The molecule has 1 atom stereocenters. The van der Waals surface area contributed by atoms with Crippen LogP contribution in [0.3, 0.4) is 0 Å². The van der Waals surface area contributed by atoms with Crippen molar-refractivity contribution >= 4 is 11.8 Å². The number of aryl methyl sites for hydroxylation is 1. The monoisotopic (exact) mass is 332 g/mol. The van der Waals surface area contributed by atoms with Crippen molar-refractivity contribution in [3.63, 3.8) is 0 Å². The Bertz CT molecular complexity index is 683. The molecule has 130 valence electrons. The highest BCUT2D eigenvalue weighted by Crippen LogP contribution is 2.19. The molecular weight excluding hydrogens is 308 g/mol. The van der Waals surface area contributed by atoms with Crippen molar-refractivity contribution in [1.29, 1.82) is 0 Å². The molecular formula is C16H24N6O2. The zero-order chi connectivity index (χ0) is 17.7. The molecule has 0 aliphatic rings. The summed E-state index contributed by atoms with van der Waals surface area (Å²) in [5.74, 6) is 1.91. The van der Waals surface area contributed by atoms with Gasteiger partial charge in [-0.25, -0.2) is 9.78 Å². The molecule has 24 heavy (non-hydrogen) atoms. The average Bonchev–Trinajstić information content (AvgIpc) is 2.96. The Hall–Kier alpha value is -2.64. The van der Waals surface area contributed by atoms with Crippen LogP contribution in [0.1, 0.15) is 37.3 Å². The molecule has 2 amide bonds. The number of amides is 2. The summed E-state index contributed by atoms with van der Waals surface area (Å²) in [6.07, 6.45) is 0. The van der Waals surface area contributed by atoms with Crippen LogP contribution in [0.25, 0.3) is 0 Å². The van der Waals surface area contributed by atoms with Crippen molar-refractivity contribution in [1.82, 2.24) is 25.8 Å². The average molecular weight is 332 g/mol. The first kappa shape index (κ1) is 17.7. The fourth-order valence-electron chi connectivity index (χ4n) is 2.13. The van der Waals surface area contributed by atoms with E-state index in [1.54, 1.807) is 6.92 Å². The Labute approximate surface area is 141 Å². The summed E-state index contributed by atoms with van der Waals surface area (Å²) in [7, 11) is 3.84. The number of nitrogens with one attached hydrogen (secondary N) is 2. The normalized spacial score (nSPS) is 12.1. The van der Waals surface area contributed by atoms with E-state index in [0.717, 1.165) is 11.5 Å². The number of rotatable bonds is 6. The molecule has 8 heteroatoms. The predicted octanol–water partition coefficient (Wildman–Crippen LogP) is 2.04. The second kappa shape index (κ2) is 7.76. The second-order valence-corrected chi connectivity index (χ2v) is 6.11. The van der Waals surface area contributed by atoms with E-state index in [2.05, 4.69) is 25.8 Å². The molecule has 2 aromatic rings. The van der Waals surface area contributed by atoms with E-state index < -0.39 is 0 Å². The molecule has 0 unspecified atom stereocenters. The molecule has 0 bridgehead atoms. The van der Waals surface area contributed by atoms with Crippen LogP contribution < -0.4 is 15.5 Å². The lowest BCUT2D eigenvalue weighted by Gasteiger charge is -2.19. The van der Waals surface area contributed by atoms with Gasteiger partial charge in [0.2, 0.25) is 5.89 Å². The van der Waals surface area contributed by atoms with Crippen LogP contribution in [0.2, 0.25) is 0 Å². The fourth-order valence-corrected chi connectivity index (χ4v) is 2.13. The highest BCUT2D eigenvalue weighted by Gasteiger charge is 2.23. The fraction of sp³-hybridized carbons (Fsp3) is 0.500. The number of hydrogen-bond acceptors (Lipinski definition) is 6. The Morgan fingerprint density at radius 3 is 2.62 bits per heavy atom. The van der Waals surface area contributed by atoms with Gasteiger partial charge in [0.25, 0.3) is 0 Å². The van der Waals surface area contributed by atoms with Gasteiger partial charge < -0.3 is 20.1 Å². The van der Waals surface area contributed by atoms with Crippen LogP contribution in [0.15, 0.2) is 22.7 Å². The third kappa shape index (κ3) is 4.68. The Morgan fingerprint density at radius 2 is 2.04 bits per heavy atom. The van der Waals surface area contributed by atoms with Gasteiger partial charge in [-0.05, 0) is 25.0 Å². The molecule has 2 rings (SSSR count). The highest BCUT2D eigenvalue weighted by molar-refractivity contribution is 5.74. The summed E-state index contributed by atoms with van der Waals surface area (Å²) < 4.78 is 5.17. The summed E-state index contributed by atoms with van der Waals surface area (Å²) >= 11 is 0. The Kier molecular flexibility index (Phi) is 5.73. The molecule has 0 saturated heterocycles. The number of nitrogens with zero attached hydrogens (tertiary/aromatic N) is 4. The van der Waals surface area contributed by atoms with Crippen molar-refractivity contribution in [2.75, 3.05) is 19.0 Å². The van der Waals surface area contributed by atoms with Crippen LogP contribution in [0.4, 0.5) is 10.6 Å². The minimum atomic E-state index is -0.340. The zero-order valence-electron chi connectivity index (χ0n) is 14.7. The molecule has 2 heterocycles. The zero-order valence-corrected chi connectivity index (χ0v) is 14.7. The maximum atomic E-state index is 12.2. The molecule has 0 aliphatic heterocycles. The molecule has 0 spiro atoms. The number of carbonyl (C=O) groups is 1. The minimum absolute atomic E-state index is 0.116. The van der Waals surface area contributed by atoms with E-state index in [9.17, 15) is 4.79 Å². The maximum Gasteiger partial charge on any atom is 0.315 e. The van der Waals surface area contributed by atoms with E-state index >= 15 is 0 Å². The summed E-state index contributed by atoms with van der Waals surface area (Å²) in [5.41, 5.74) is 0.783. The first-order valence-electron chi connectivity index (χ1n) is 7.84. The van der Waals surface area contributed by atoms with Gasteiger partial charge in [0.1, 0.15) is 11.9 Å². The lowest BCUT2D eigenvalue weighted by molar-refractivity contribution is 0.224. The smallest absolute Gasteiger partial charge is 0.315 e. The predicted molar refractivity (Wildman–Crippen MR) is 90.5 cm³/mol. The van der Waals surface area contributed by atoms with E-state index in [4.69, 9.17) is 4.52 Å². The van der Waals surface area contributed by atoms with Crippen LogP contribution in [0, 0.1) is 12.8 Å². The SMILES string of the molecule is Cc1noc([C@@H](NC(=O)NCc2cccc(N(C)C)n2)C(C)C)n1. The van der Waals surface area contributed by atoms with Crippen molar-refractivity contribution in [2.24, 2.45) is 5.92 Å². The number of pyridine rings is 1. The third-order valence-corrected chi connectivity index (χ3v) is 3.44. The summed E-state index contributed by atoms with van der Waals surface area (Å²) in [6, 6.07) is 5.05. The number of carbonyl (C=O) groups excluding carboxylic acids is 1. The Balaban J connectivity index is 1.95. The van der Waals surface area contributed by atoms with Crippen LogP contribution in [0.5, 0.6) is 0 Å². The maximum absolute atomic E-state index is 12.2. The van der Waals surface area contributed by atoms with E-state index in [-0.39, 0.29) is 18.0 Å². The lowest BCUT2D eigenvalue weighted by atomic mass is 10.0. The number of urea groups is 1. The molecule has 0 radical (unpaired) electrons. The van der Waals surface area contributed by atoms with Crippen molar-refractivity contribution in [3.05, 3.63) is 35.6 Å². The largest absolute Gasteiger partial charge is 0.363 e. The van der Waals surface area contributed by atoms with Crippen molar-refractivity contribution in [2.45, 2.75) is 33.4 Å². The van der Waals surface area contributed by atoms with Crippen molar-refractivity contribution in [3.8, 4) is 0 Å². The standard InChI is InChI=1S/C16H24N6O2/c1-10(2)14(15-18-11(3)21-24-15)20-16(23)17-9-12-7-6-8-13(19-12)22(4)5/h6-8,10,14H,9H2,1-5H3,(H2,17,20,23)/t14-/m0/s1. The second-order valence-electron chi connectivity index (χ2n) is 6.11. The summed E-state index contributed by atoms with van der Waals surface area (Å²) in [6.45, 7) is 6.04. The quantitative estimate of drug-likeness (QED) is 0.840. The van der Waals surface area contributed by atoms with Gasteiger partial charge in [-0.1, -0.05) is 25.1 Å². The van der Waals surface area contributed by atoms with Gasteiger partial charge in [-0.3, -0.25) is 0 Å². The first-order valence-corrected chi connectivity index (χ1v) is 7.84. The van der Waals surface area contributed by atoms with Crippen molar-refractivity contribution < 1.29 is 9.32 Å². The van der Waals surface area contributed by atoms with Crippen LogP contribution >= 0.6 is 0 Å². The molecule has 0 aliphatic carbocycles. The Morgan fingerprint density at radius 1 is 1.29 bits per heavy atom. The molecule has 0 aromatic carbocycles. The van der Waals surface area contributed by atoms with Gasteiger partial charge in [-0.2, -0.15) is 4.98 Å². The van der Waals surface area contributed by atoms with E-state index in [0.29, 0.717) is 18.3 Å². The summed E-state index contributed by atoms with van der Waals surface area (Å²) in [4.78, 5) is 22.8. The molecule has 8 nitrogen and oxygen atoms in total. The van der Waals surface area contributed by atoms with E-state index in [1.807, 2.05) is 51.0 Å². The molecule has 2 aromatic heterocycles. The van der Waals surface area contributed by atoms with Gasteiger partial charge >= 0.3 is 6.03 Å². The molecule has 0 fully saturated rings. The van der Waals surface area contributed by atoms with E-state index in [1.165, 1.54) is 0 Å². The molecule has 0 saturated carbocycles. The third-order valence-electron chi connectivity index (χ3n) is 3.44. The van der Waals surface area contributed by atoms with Gasteiger partial charge in [0.15, 0.2) is 5.82 Å². The lowest BCUT2D eigenvalue weighted by Crippen LogP contribution is -2.39.